The van der Waals surface area contributed by atoms with E-state index in [9.17, 15) is 9.59 Å². The fourth-order valence-corrected chi connectivity index (χ4v) is 2.27. The maximum absolute atomic E-state index is 12.4. The highest BCUT2D eigenvalue weighted by Gasteiger charge is 2.30. The van der Waals surface area contributed by atoms with Crippen LogP contribution in [0.2, 0.25) is 0 Å². The molecule has 1 unspecified atom stereocenters. The van der Waals surface area contributed by atoms with Crippen LogP contribution in [0.15, 0.2) is 0 Å². The minimum atomic E-state index is -0.507. The average molecular weight is 271 g/mol. The number of likely N-dealkylation sites (tertiary alicyclic amines) is 1. The third-order valence-corrected chi connectivity index (χ3v) is 3.29. The Morgan fingerprint density at radius 3 is 2.68 bits per heavy atom. The number of amides is 2. The molecule has 0 aromatic heterocycles. The van der Waals surface area contributed by atoms with Crippen LogP contribution in [0.5, 0.6) is 0 Å². The summed E-state index contributed by atoms with van der Waals surface area (Å²) in [4.78, 5) is 25.8. The second-order valence-corrected chi connectivity index (χ2v) is 5.41. The first-order valence-electron chi connectivity index (χ1n) is 6.78. The highest BCUT2D eigenvalue weighted by Crippen LogP contribution is 2.13. The molecule has 6 heteroatoms. The molecule has 0 saturated carbocycles. The van der Waals surface area contributed by atoms with Gasteiger partial charge in [-0.25, -0.2) is 0 Å². The van der Waals surface area contributed by atoms with E-state index in [1.54, 1.807) is 4.90 Å². The zero-order valence-corrected chi connectivity index (χ0v) is 12.0. The summed E-state index contributed by atoms with van der Waals surface area (Å²) in [7, 11) is 1.45. The van der Waals surface area contributed by atoms with Gasteiger partial charge in [0.2, 0.25) is 11.8 Å². The SMILES string of the molecule is COCC(=O)N[C@H](C(=O)N1CCCC(N)C1)C(C)C. The van der Waals surface area contributed by atoms with Gasteiger partial charge in [-0.05, 0) is 18.8 Å². The maximum Gasteiger partial charge on any atom is 0.246 e. The number of hydrogen-bond donors (Lipinski definition) is 2. The standard InChI is InChI=1S/C13H25N3O3/c1-9(2)12(15-11(17)8-19-3)13(18)16-6-4-5-10(14)7-16/h9-10,12H,4-8,14H2,1-3H3,(H,15,17)/t10?,12-/m0/s1. The molecule has 19 heavy (non-hydrogen) atoms. The molecule has 0 aromatic rings. The molecular formula is C13H25N3O3. The van der Waals surface area contributed by atoms with E-state index in [1.807, 2.05) is 13.8 Å². The molecule has 1 aliphatic rings. The fourth-order valence-electron chi connectivity index (χ4n) is 2.27. The van der Waals surface area contributed by atoms with Crippen molar-refractivity contribution in [1.82, 2.24) is 10.2 Å². The lowest BCUT2D eigenvalue weighted by Gasteiger charge is -2.34. The number of nitrogens with one attached hydrogen (secondary N) is 1. The second-order valence-electron chi connectivity index (χ2n) is 5.41. The number of rotatable bonds is 5. The fraction of sp³-hybridized carbons (Fsp3) is 0.846. The van der Waals surface area contributed by atoms with Crippen molar-refractivity contribution >= 4 is 11.8 Å². The number of ether oxygens (including phenoxy) is 1. The molecule has 1 heterocycles. The van der Waals surface area contributed by atoms with E-state index in [0.29, 0.717) is 6.54 Å². The Morgan fingerprint density at radius 1 is 1.47 bits per heavy atom. The molecule has 1 saturated heterocycles. The summed E-state index contributed by atoms with van der Waals surface area (Å²) >= 11 is 0. The van der Waals surface area contributed by atoms with Gasteiger partial charge in [-0.1, -0.05) is 13.8 Å². The molecule has 0 bridgehead atoms. The molecule has 1 rings (SSSR count). The maximum atomic E-state index is 12.4. The van der Waals surface area contributed by atoms with Gasteiger partial charge in [-0.15, -0.1) is 0 Å². The van der Waals surface area contributed by atoms with E-state index >= 15 is 0 Å². The summed E-state index contributed by atoms with van der Waals surface area (Å²) in [5, 5.41) is 2.73. The van der Waals surface area contributed by atoms with Crippen LogP contribution in [0, 0.1) is 5.92 Å². The normalized spacial score (nSPS) is 21.3. The predicted molar refractivity (Wildman–Crippen MR) is 72.4 cm³/mol. The number of methoxy groups -OCH3 is 1. The third-order valence-electron chi connectivity index (χ3n) is 3.29. The Bertz CT molecular complexity index is 320. The molecule has 2 amide bonds. The molecule has 0 spiro atoms. The zero-order valence-electron chi connectivity index (χ0n) is 12.0. The van der Waals surface area contributed by atoms with Crippen LogP contribution in [0.4, 0.5) is 0 Å². The Hall–Kier alpha value is -1.14. The molecule has 1 fully saturated rings. The van der Waals surface area contributed by atoms with Gasteiger partial charge >= 0.3 is 0 Å². The van der Waals surface area contributed by atoms with E-state index in [-0.39, 0.29) is 30.4 Å². The molecule has 0 aliphatic carbocycles. The minimum Gasteiger partial charge on any atom is -0.375 e. The predicted octanol–water partition coefficient (Wildman–Crippen LogP) is -0.277. The third kappa shape index (κ3) is 4.80. The van der Waals surface area contributed by atoms with Gasteiger partial charge < -0.3 is 20.7 Å². The highest BCUT2D eigenvalue weighted by atomic mass is 16.5. The van der Waals surface area contributed by atoms with E-state index in [0.717, 1.165) is 19.4 Å². The van der Waals surface area contributed by atoms with Gasteiger partial charge in [0.05, 0.1) is 0 Å². The summed E-state index contributed by atoms with van der Waals surface area (Å²) in [6, 6.07) is -0.465. The van der Waals surface area contributed by atoms with Crippen LogP contribution in [-0.4, -0.2) is 55.6 Å². The summed E-state index contributed by atoms with van der Waals surface area (Å²) in [5.41, 5.74) is 5.89. The summed E-state index contributed by atoms with van der Waals surface area (Å²) in [6.45, 7) is 5.09. The number of piperidine rings is 1. The van der Waals surface area contributed by atoms with Crippen molar-refractivity contribution in [1.29, 1.82) is 0 Å². The van der Waals surface area contributed by atoms with Crippen molar-refractivity contribution in [2.45, 2.75) is 38.8 Å². The lowest BCUT2D eigenvalue weighted by Crippen LogP contribution is -2.55. The molecule has 3 N–H and O–H groups in total. The zero-order chi connectivity index (χ0) is 14.4. The van der Waals surface area contributed by atoms with Gasteiger partial charge in [0.1, 0.15) is 12.6 Å². The van der Waals surface area contributed by atoms with E-state index in [1.165, 1.54) is 7.11 Å². The van der Waals surface area contributed by atoms with Gasteiger partial charge in [-0.2, -0.15) is 0 Å². The van der Waals surface area contributed by atoms with Crippen molar-refractivity contribution in [3.63, 3.8) is 0 Å². The van der Waals surface area contributed by atoms with Gasteiger partial charge in [-0.3, -0.25) is 9.59 Å². The van der Waals surface area contributed by atoms with Crippen molar-refractivity contribution in [2.75, 3.05) is 26.8 Å². The van der Waals surface area contributed by atoms with Crippen LogP contribution in [0.25, 0.3) is 0 Å². The Labute approximate surface area is 114 Å². The second kappa shape index (κ2) is 7.45. The summed E-state index contributed by atoms with van der Waals surface area (Å²) < 4.78 is 4.77. The van der Waals surface area contributed by atoms with Crippen molar-refractivity contribution in [2.24, 2.45) is 11.7 Å². The molecule has 1 aliphatic heterocycles. The smallest absolute Gasteiger partial charge is 0.246 e. The van der Waals surface area contributed by atoms with Crippen LogP contribution >= 0.6 is 0 Å². The minimum absolute atomic E-state index is 0.0317. The van der Waals surface area contributed by atoms with E-state index in [4.69, 9.17) is 10.5 Å². The van der Waals surface area contributed by atoms with Crippen LogP contribution < -0.4 is 11.1 Å². The average Bonchev–Trinajstić information content (AvgIpc) is 2.35. The van der Waals surface area contributed by atoms with E-state index < -0.39 is 6.04 Å². The number of hydrogen-bond acceptors (Lipinski definition) is 4. The molecule has 0 radical (unpaired) electrons. The Balaban J connectivity index is 2.64. The lowest BCUT2D eigenvalue weighted by atomic mass is 10.00. The first kappa shape index (κ1) is 15.9. The number of nitrogens with two attached hydrogens (primary N) is 1. The quantitative estimate of drug-likeness (QED) is 0.720. The van der Waals surface area contributed by atoms with Crippen molar-refractivity contribution in [3.8, 4) is 0 Å². The van der Waals surface area contributed by atoms with Gasteiger partial charge in [0, 0.05) is 26.2 Å². The highest BCUT2D eigenvalue weighted by molar-refractivity contribution is 5.88. The first-order valence-corrected chi connectivity index (χ1v) is 6.78. The molecule has 110 valence electrons. The molecular weight excluding hydrogens is 246 g/mol. The first-order chi connectivity index (χ1) is 8.95. The van der Waals surface area contributed by atoms with E-state index in [2.05, 4.69) is 5.32 Å². The van der Waals surface area contributed by atoms with Gasteiger partial charge in [0.25, 0.3) is 0 Å². The van der Waals surface area contributed by atoms with Gasteiger partial charge in [0.15, 0.2) is 0 Å². The van der Waals surface area contributed by atoms with Crippen molar-refractivity contribution in [3.05, 3.63) is 0 Å². The summed E-state index contributed by atoms with van der Waals surface area (Å²) in [6.07, 6.45) is 1.87. The van der Waals surface area contributed by atoms with Crippen LogP contribution in [0.1, 0.15) is 26.7 Å². The molecule has 6 nitrogen and oxygen atoms in total. The van der Waals surface area contributed by atoms with Crippen LogP contribution in [-0.2, 0) is 14.3 Å². The topological polar surface area (TPSA) is 84.7 Å². The summed E-state index contributed by atoms with van der Waals surface area (Å²) in [5.74, 6) is -0.281. The lowest BCUT2D eigenvalue weighted by molar-refractivity contribution is -0.139. The molecule has 0 aromatic carbocycles. The number of carbonyl (C=O) groups is 2. The molecule has 2 atom stereocenters. The Kier molecular flexibility index (Phi) is 6.24. The number of nitrogens with zero attached hydrogens (tertiary/aromatic N) is 1. The number of carbonyl (C=O) groups excluding carboxylic acids is 2. The Morgan fingerprint density at radius 2 is 2.16 bits per heavy atom. The largest absolute Gasteiger partial charge is 0.375 e. The van der Waals surface area contributed by atoms with Crippen molar-refractivity contribution < 1.29 is 14.3 Å². The monoisotopic (exact) mass is 271 g/mol. The van der Waals surface area contributed by atoms with Crippen LogP contribution in [0.3, 0.4) is 0 Å².